The van der Waals surface area contributed by atoms with E-state index in [0.29, 0.717) is 32.2 Å². The highest BCUT2D eigenvalue weighted by Crippen LogP contribution is 2.26. The number of ether oxygens (including phenoxy) is 2. The number of piperazine rings is 1. The highest BCUT2D eigenvalue weighted by molar-refractivity contribution is 5.78. The maximum atomic E-state index is 12.6. The Kier molecular flexibility index (Phi) is 5.94. The van der Waals surface area contributed by atoms with Crippen LogP contribution in [0.5, 0.6) is 5.75 Å². The fourth-order valence-electron chi connectivity index (χ4n) is 3.75. The van der Waals surface area contributed by atoms with Crippen LogP contribution in [0, 0.1) is 0 Å². The third-order valence-corrected chi connectivity index (χ3v) is 5.49. The minimum absolute atomic E-state index is 0.0201. The molecule has 1 amide bonds. The number of aromatic nitrogens is 2. The molecule has 1 aromatic heterocycles. The van der Waals surface area contributed by atoms with Gasteiger partial charge < -0.3 is 19.3 Å². The zero-order valence-corrected chi connectivity index (χ0v) is 17.1. The Morgan fingerprint density at radius 3 is 2.79 bits per heavy atom. The lowest BCUT2D eigenvalue weighted by molar-refractivity contribution is -0.133. The highest BCUT2D eigenvalue weighted by Gasteiger charge is 2.24. The van der Waals surface area contributed by atoms with Crippen LogP contribution in [0.15, 0.2) is 30.5 Å². The molecule has 1 saturated heterocycles. The molecule has 2 aromatic rings. The summed E-state index contributed by atoms with van der Waals surface area (Å²) in [5, 5.41) is 0. The van der Waals surface area contributed by atoms with E-state index in [1.165, 1.54) is 0 Å². The zero-order chi connectivity index (χ0) is 20.2. The smallest absolute Gasteiger partial charge is 0.260 e. The predicted molar refractivity (Wildman–Crippen MR) is 110 cm³/mol. The zero-order valence-electron chi connectivity index (χ0n) is 17.1. The number of fused-ring (bicyclic) bond motifs is 1. The van der Waals surface area contributed by atoms with E-state index in [2.05, 4.69) is 23.7 Å². The summed E-state index contributed by atoms with van der Waals surface area (Å²) < 4.78 is 11.3. The largest absolute Gasteiger partial charge is 0.483 e. The summed E-state index contributed by atoms with van der Waals surface area (Å²) in [6.07, 6.45) is 2.70. The molecule has 2 aliphatic heterocycles. The van der Waals surface area contributed by atoms with E-state index in [4.69, 9.17) is 14.5 Å². The normalized spacial score (nSPS) is 16.7. The number of nitrogens with zero attached hydrogens (tertiary/aromatic N) is 4. The number of carbonyl (C=O) groups is 1. The summed E-state index contributed by atoms with van der Waals surface area (Å²) in [6, 6.07) is 7.92. The third kappa shape index (κ3) is 4.50. The van der Waals surface area contributed by atoms with Crippen LogP contribution in [0.3, 0.4) is 0 Å². The Labute approximate surface area is 171 Å². The Bertz CT molecular complexity index is 863. The average Bonchev–Trinajstić information content (AvgIpc) is 2.77. The molecule has 0 aliphatic carbocycles. The van der Waals surface area contributed by atoms with Gasteiger partial charge in [0.05, 0.1) is 18.9 Å². The average molecular weight is 396 g/mol. The molecule has 0 unspecified atom stereocenters. The first-order valence-electron chi connectivity index (χ1n) is 10.3. The van der Waals surface area contributed by atoms with Crippen molar-refractivity contribution in [3.8, 4) is 5.75 Å². The molecular formula is C22H28N4O3. The van der Waals surface area contributed by atoms with Gasteiger partial charge >= 0.3 is 0 Å². The van der Waals surface area contributed by atoms with Gasteiger partial charge in [-0.1, -0.05) is 32.0 Å². The molecule has 29 heavy (non-hydrogen) atoms. The molecule has 2 aliphatic rings. The maximum absolute atomic E-state index is 12.6. The van der Waals surface area contributed by atoms with Gasteiger partial charge in [0.2, 0.25) is 5.95 Å². The maximum Gasteiger partial charge on any atom is 0.260 e. The molecule has 0 N–H and O–H groups in total. The van der Waals surface area contributed by atoms with Gasteiger partial charge in [0.25, 0.3) is 5.91 Å². The standard InChI is InChI=1S/C22H28N4O3/c1-16(2)18-5-3-4-6-20(18)29-15-21(27)25-8-10-26(11-9-25)22-23-13-17-14-28-12-7-19(17)24-22/h3-6,13,16H,7-12,14-15H2,1-2H3. The predicted octanol–water partition coefficient (Wildman–Crippen LogP) is 2.40. The number of hydrogen-bond donors (Lipinski definition) is 0. The lowest BCUT2D eigenvalue weighted by Crippen LogP contribution is -2.50. The van der Waals surface area contributed by atoms with Crippen molar-refractivity contribution in [2.24, 2.45) is 0 Å². The highest BCUT2D eigenvalue weighted by atomic mass is 16.5. The van der Waals surface area contributed by atoms with E-state index in [0.717, 1.165) is 48.0 Å². The number of amides is 1. The number of anilines is 1. The van der Waals surface area contributed by atoms with Crippen molar-refractivity contribution >= 4 is 11.9 Å². The molecule has 3 heterocycles. The van der Waals surface area contributed by atoms with Gasteiger partial charge in [-0.3, -0.25) is 4.79 Å². The summed E-state index contributed by atoms with van der Waals surface area (Å²) in [6.45, 7) is 8.38. The fraction of sp³-hybridized carbons (Fsp3) is 0.500. The molecule has 154 valence electrons. The Balaban J connectivity index is 1.31. The minimum atomic E-state index is 0.0201. The molecule has 1 fully saturated rings. The second kappa shape index (κ2) is 8.78. The topological polar surface area (TPSA) is 67.8 Å². The number of carbonyl (C=O) groups excluding carboxylic acids is 1. The van der Waals surface area contributed by atoms with E-state index in [1.807, 2.05) is 35.4 Å². The fourth-order valence-corrected chi connectivity index (χ4v) is 3.75. The van der Waals surface area contributed by atoms with Crippen LogP contribution in [0.4, 0.5) is 5.95 Å². The van der Waals surface area contributed by atoms with Crippen LogP contribution in [-0.2, 0) is 22.6 Å². The molecule has 7 heteroatoms. The number of para-hydroxylation sites is 1. The first-order chi connectivity index (χ1) is 14.1. The van der Waals surface area contributed by atoms with Crippen LogP contribution in [0.2, 0.25) is 0 Å². The molecule has 1 aromatic carbocycles. The van der Waals surface area contributed by atoms with Gasteiger partial charge in [-0.05, 0) is 17.5 Å². The summed E-state index contributed by atoms with van der Waals surface area (Å²) in [4.78, 5) is 25.8. The van der Waals surface area contributed by atoms with Crippen molar-refractivity contribution in [3.63, 3.8) is 0 Å². The lowest BCUT2D eigenvalue weighted by Gasteiger charge is -2.35. The lowest BCUT2D eigenvalue weighted by atomic mass is 10.0. The van der Waals surface area contributed by atoms with Gasteiger partial charge in [-0.2, -0.15) is 0 Å². The van der Waals surface area contributed by atoms with Crippen molar-refractivity contribution < 1.29 is 14.3 Å². The summed E-state index contributed by atoms with van der Waals surface area (Å²) in [5.41, 5.74) is 3.28. The molecule has 7 nitrogen and oxygen atoms in total. The Morgan fingerprint density at radius 2 is 2.00 bits per heavy atom. The van der Waals surface area contributed by atoms with Gasteiger partial charge in [0.1, 0.15) is 5.75 Å². The van der Waals surface area contributed by atoms with E-state index in [1.54, 1.807) is 0 Å². The monoisotopic (exact) mass is 396 g/mol. The Hall–Kier alpha value is -2.67. The van der Waals surface area contributed by atoms with Crippen molar-refractivity contribution in [1.82, 2.24) is 14.9 Å². The summed E-state index contributed by atoms with van der Waals surface area (Å²) in [5.74, 6) is 1.92. The van der Waals surface area contributed by atoms with Gasteiger partial charge in [-0.15, -0.1) is 0 Å². The van der Waals surface area contributed by atoms with Crippen molar-refractivity contribution in [2.45, 2.75) is 32.8 Å². The molecule has 0 bridgehead atoms. The summed E-state index contributed by atoms with van der Waals surface area (Å²) >= 11 is 0. The molecule has 0 spiro atoms. The molecule has 0 atom stereocenters. The second-order valence-electron chi connectivity index (χ2n) is 7.79. The second-order valence-corrected chi connectivity index (χ2v) is 7.79. The van der Waals surface area contributed by atoms with Crippen molar-refractivity contribution in [3.05, 3.63) is 47.3 Å². The Morgan fingerprint density at radius 1 is 1.21 bits per heavy atom. The van der Waals surface area contributed by atoms with Gasteiger partial charge in [0, 0.05) is 44.4 Å². The van der Waals surface area contributed by atoms with E-state index < -0.39 is 0 Å². The SMILES string of the molecule is CC(C)c1ccccc1OCC(=O)N1CCN(c2ncc3c(n2)CCOC3)CC1. The molecular weight excluding hydrogens is 368 g/mol. The number of rotatable bonds is 5. The van der Waals surface area contributed by atoms with Gasteiger partial charge in [0.15, 0.2) is 6.61 Å². The minimum Gasteiger partial charge on any atom is -0.483 e. The van der Waals surface area contributed by atoms with E-state index in [-0.39, 0.29) is 12.5 Å². The number of hydrogen-bond acceptors (Lipinski definition) is 6. The van der Waals surface area contributed by atoms with Crippen LogP contribution in [0.25, 0.3) is 0 Å². The molecule has 0 radical (unpaired) electrons. The first kappa shape index (κ1) is 19.6. The molecule has 0 saturated carbocycles. The van der Waals surface area contributed by atoms with Crippen LogP contribution in [-0.4, -0.2) is 60.2 Å². The first-order valence-corrected chi connectivity index (χ1v) is 10.3. The van der Waals surface area contributed by atoms with Crippen LogP contribution < -0.4 is 9.64 Å². The van der Waals surface area contributed by atoms with Gasteiger partial charge in [-0.25, -0.2) is 9.97 Å². The number of benzene rings is 1. The third-order valence-electron chi connectivity index (χ3n) is 5.49. The van der Waals surface area contributed by atoms with E-state index >= 15 is 0 Å². The van der Waals surface area contributed by atoms with Crippen molar-refractivity contribution in [1.29, 1.82) is 0 Å². The van der Waals surface area contributed by atoms with Crippen LogP contribution in [0.1, 0.15) is 36.6 Å². The van der Waals surface area contributed by atoms with Crippen molar-refractivity contribution in [2.75, 3.05) is 44.3 Å². The van der Waals surface area contributed by atoms with Crippen LogP contribution >= 0.6 is 0 Å². The van der Waals surface area contributed by atoms with E-state index in [9.17, 15) is 4.79 Å². The molecule has 4 rings (SSSR count). The quantitative estimate of drug-likeness (QED) is 0.773. The summed E-state index contributed by atoms with van der Waals surface area (Å²) in [7, 11) is 0.